The molecule has 18 heavy (non-hydrogen) atoms. The molecule has 0 aromatic carbocycles. The van der Waals surface area contributed by atoms with Gasteiger partial charge < -0.3 is 0 Å². The summed E-state index contributed by atoms with van der Waals surface area (Å²) in [6.45, 7) is 13.3. The fraction of sp³-hybridized carbons (Fsp3) is 1.00. The van der Waals surface area contributed by atoms with Gasteiger partial charge in [0.25, 0.3) is 0 Å². The molecule has 0 unspecified atom stereocenters. The van der Waals surface area contributed by atoms with E-state index in [2.05, 4.69) is 137 Å². The summed E-state index contributed by atoms with van der Waals surface area (Å²) in [4.78, 5) is 0. The summed E-state index contributed by atoms with van der Waals surface area (Å²) in [6, 6.07) is 0. The van der Waals surface area contributed by atoms with E-state index < -0.39 is 0 Å². The molecule has 0 aromatic rings. The van der Waals surface area contributed by atoms with Crippen LogP contribution in [0.25, 0.3) is 0 Å². The van der Waals surface area contributed by atoms with Crippen molar-refractivity contribution in [2.24, 2.45) is 0 Å². The van der Waals surface area contributed by atoms with E-state index in [9.17, 15) is 0 Å². The van der Waals surface area contributed by atoms with Gasteiger partial charge in [0, 0.05) is 0 Å². The SMILES string of the molecule is CC1(Br)C(C)(Br)C(C)(Br)C(C)(Br)C(C)(Br)C1(C)Br. The average molecular weight is 642 g/mol. The third-order valence-electron chi connectivity index (χ3n) is 5.29. The Bertz CT molecular complexity index is 248. The van der Waals surface area contributed by atoms with Gasteiger partial charge in [-0.15, -0.1) is 0 Å². The standard InChI is InChI=1S/C12H18Br6/c1-7(13)8(2,14)10(4,16)12(6,18)11(5,17)9(7,3)15/h1-6H3. The molecule has 0 atom stereocenters. The number of halogens is 6. The van der Waals surface area contributed by atoms with Crippen LogP contribution in [-0.2, 0) is 0 Å². The quantitative estimate of drug-likeness (QED) is 0.252. The Hall–Kier alpha value is 2.88. The Balaban J connectivity index is 3.72. The van der Waals surface area contributed by atoms with Crippen LogP contribution in [-0.4, -0.2) is 25.9 Å². The van der Waals surface area contributed by atoms with E-state index in [1.165, 1.54) is 0 Å². The van der Waals surface area contributed by atoms with Gasteiger partial charge >= 0.3 is 0 Å². The number of hydrogen-bond donors (Lipinski definition) is 0. The molecule has 1 rings (SSSR count). The molecule has 1 fully saturated rings. The molecule has 0 heterocycles. The van der Waals surface area contributed by atoms with E-state index in [0.717, 1.165) is 0 Å². The highest BCUT2D eigenvalue weighted by Gasteiger charge is 2.77. The van der Waals surface area contributed by atoms with Gasteiger partial charge in [-0.25, -0.2) is 0 Å². The van der Waals surface area contributed by atoms with E-state index in [4.69, 9.17) is 0 Å². The van der Waals surface area contributed by atoms with Crippen molar-refractivity contribution in [2.45, 2.75) is 67.5 Å². The lowest BCUT2D eigenvalue weighted by atomic mass is 9.59. The van der Waals surface area contributed by atoms with Crippen LogP contribution in [0.15, 0.2) is 0 Å². The minimum Gasteiger partial charge on any atom is -0.0825 e. The van der Waals surface area contributed by atoms with Crippen molar-refractivity contribution in [3.8, 4) is 0 Å². The molecule has 6 heteroatoms. The van der Waals surface area contributed by atoms with E-state index in [0.29, 0.717) is 0 Å². The molecule has 0 saturated heterocycles. The topological polar surface area (TPSA) is 0 Å². The van der Waals surface area contributed by atoms with E-state index in [1.807, 2.05) is 0 Å². The number of rotatable bonds is 0. The lowest BCUT2D eigenvalue weighted by Crippen LogP contribution is -2.81. The lowest BCUT2D eigenvalue weighted by Gasteiger charge is -2.70. The summed E-state index contributed by atoms with van der Waals surface area (Å²) in [6.07, 6.45) is 0. The second kappa shape index (κ2) is 4.69. The molecule has 0 N–H and O–H groups in total. The van der Waals surface area contributed by atoms with Crippen LogP contribution in [0.4, 0.5) is 0 Å². The first-order valence-corrected chi connectivity index (χ1v) is 10.4. The highest BCUT2D eigenvalue weighted by molar-refractivity contribution is 9.17. The monoisotopic (exact) mass is 636 g/mol. The molecule has 0 nitrogen and oxygen atoms in total. The Morgan fingerprint density at radius 3 is 0.444 bits per heavy atom. The first-order valence-electron chi connectivity index (χ1n) is 5.63. The van der Waals surface area contributed by atoms with E-state index in [1.54, 1.807) is 0 Å². The third-order valence-corrected chi connectivity index (χ3v) is 18.0. The highest BCUT2D eigenvalue weighted by Crippen LogP contribution is 2.73. The second-order valence-electron chi connectivity index (χ2n) is 6.02. The van der Waals surface area contributed by atoms with Gasteiger partial charge in [0.2, 0.25) is 0 Å². The molecule has 108 valence electrons. The fourth-order valence-electron chi connectivity index (χ4n) is 2.65. The van der Waals surface area contributed by atoms with Crippen LogP contribution in [0.2, 0.25) is 0 Å². The maximum absolute atomic E-state index is 3.96. The van der Waals surface area contributed by atoms with Crippen molar-refractivity contribution in [2.75, 3.05) is 0 Å². The smallest absolute Gasteiger partial charge is 0.0558 e. The van der Waals surface area contributed by atoms with Gasteiger partial charge in [0.05, 0.1) is 25.9 Å². The minimum absolute atomic E-state index is 0.184. The Kier molecular flexibility index (Phi) is 4.93. The summed E-state index contributed by atoms with van der Waals surface area (Å²) in [5.41, 5.74) is 0. The largest absolute Gasteiger partial charge is 0.0825 e. The number of alkyl halides is 6. The Morgan fingerprint density at radius 1 is 0.333 bits per heavy atom. The van der Waals surface area contributed by atoms with Crippen molar-refractivity contribution in [3.05, 3.63) is 0 Å². The van der Waals surface area contributed by atoms with Crippen molar-refractivity contribution < 1.29 is 0 Å². The molecule has 0 spiro atoms. The zero-order chi connectivity index (χ0) is 15.0. The predicted molar refractivity (Wildman–Crippen MR) is 104 cm³/mol. The molecule has 0 bridgehead atoms. The molecule has 1 aliphatic carbocycles. The van der Waals surface area contributed by atoms with Crippen LogP contribution in [0.1, 0.15) is 41.5 Å². The minimum atomic E-state index is -0.184. The van der Waals surface area contributed by atoms with Gasteiger partial charge in [-0.05, 0) is 41.5 Å². The molecule has 1 aliphatic rings. The molecular weight excluding hydrogens is 624 g/mol. The van der Waals surface area contributed by atoms with Crippen LogP contribution >= 0.6 is 95.6 Å². The lowest BCUT2D eigenvalue weighted by molar-refractivity contribution is 0.187. The second-order valence-corrected chi connectivity index (χ2v) is 15.5. The Labute approximate surface area is 161 Å². The van der Waals surface area contributed by atoms with Gasteiger partial charge in [-0.1, -0.05) is 95.6 Å². The first kappa shape index (κ1) is 18.9. The van der Waals surface area contributed by atoms with E-state index in [-0.39, 0.29) is 25.9 Å². The fourth-order valence-corrected chi connectivity index (χ4v) is 9.00. The zero-order valence-corrected chi connectivity index (χ0v) is 20.8. The van der Waals surface area contributed by atoms with Gasteiger partial charge in [-0.3, -0.25) is 0 Å². The maximum Gasteiger partial charge on any atom is 0.0558 e. The number of hydrogen-bond acceptors (Lipinski definition) is 0. The summed E-state index contributed by atoms with van der Waals surface area (Å²) < 4.78 is -1.10. The van der Waals surface area contributed by atoms with Gasteiger partial charge in [0.1, 0.15) is 0 Å². The van der Waals surface area contributed by atoms with Crippen molar-refractivity contribution in [3.63, 3.8) is 0 Å². The van der Waals surface area contributed by atoms with Crippen molar-refractivity contribution in [1.82, 2.24) is 0 Å². The summed E-state index contributed by atoms with van der Waals surface area (Å²) in [5, 5.41) is 0. The highest BCUT2D eigenvalue weighted by atomic mass is 79.9. The molecule has 0 aromatic heterocycles. The predicted octanol–water partition coefficient (Wildman–Crippen LogP) is 6.92. The summed E-state index contributed by atoms with van der Waals surface area (Å²) >= 11 is 23.8. The van der Waals surface area contributed by atoms with Gasteiger partial charge in [-0.2, -0.15) is 0 Å². The first-order chi connectivity index (χ1) is 7.50. The van der Waals surface area contributed by atoms with Crippen LogP contribution in [0.5, 0.6) is 0 Å². The zero-order valence-electron chi connectivity index (χ0n) is 11.3. The Morgan fingerprint density at radius 2 is 0.389 bits per heavy atom. The van der Waals surface area contributed by atoms with Crippen LogP contribution < -0.4 is 0 Å². The molecular formula is C12H18Br6. The molecule has 0 amide bonds. The third kappa shape index (κ3) is 1.87. The van der Waals surface area contributed by atoms with Crippen LogP contribution in [0, 0.1) is 0 Å². The van der Waals surface area contributed by atoms with E-state index >= 15 is 0 Å². The summed E-state index contributed by atoms with van der Waals surface area (Å²) in [5.74, 6) is 0. The van der Waals surface area contributed by atoms with Crippen molar-refractivity contribution >= 4 is 95.6 Å². The molecule has 0 radical (unpaired) electrons. The normalized spacial score (nSPS) is 66.0. The maximum atomic E-state index is 3.96. The molecule has 1 saturated carbocycles. The molecule has 0 aliphatic heterocycles. The average Bonchev–Trinajstić information content (AvgIpc) is 2.14. The van der Waals surface area contributed by atoms with Crippen molar-refractivity contribution in [1.29, 1.82) is 0 Å². The van der Waals surface area contributed by atoms with Crippen LogP contribution in [0.3, 0.4) is 0 Å². The van der Waals surface area contributed by atoms with Gasteiger partial charge in [0.15, 0.2) is 0 Å². The summed E-state index contributed by atoms with van der Waals surface area (Å²) in [7, 11) is 0.